The number of methoxy groups -OCH3 is 1. The van der Waals surface area contributed by atoms with Gasteiger partial charge in [-0.3, -0.25) is 4.79 Å². The van der Waals surface area contributed by atoms with E-state index in [2.05, 4.69) is 6.92 Å². The lowest BCUT2D eigenvalue weighted by Gasteiger charge is -2.22. The average Bonchev–Trinajstić information content (AvgIpc) is 2.87. The summed E-state index contributed by atoms with van der Waals surface area (Å²) >= 11 is 0. The van der Waals surface area contributed by atoms with Gasteiger partial charge in [-0.25, -0.2) is 4.79 Å². The van der Waals surface area contributed by atoms with Gasteiger partial charge in [0.05, 0.1) is 19.3 Å². The third kappa shape index (κ3) is 12.2. The van der Waals surface area contributed by atoms with Gasteiger partial charge in [-0.05, 0) is 75.6 Å². The van der Waals surface area contributed by atoms with Gasteiger partial charge in [0.25, 0.3) is 0 Å². The summed E-state index contributed by atoms with van der Waals surface area (Å²) < 4.78 is 22.0. The van der Waals surface area contributed by atoms with Gasteiger partial charge in [-0.15, -0.1) is 0 Å². The number of unbranched alkanes of at least 4 members (excludes halogenated alkanes) is 4. The first-order valence-electron chi connectivity index (χ1n) is 13.2. The number of hydrogen-bond donors (Lipinski definition) is 1. The third-order valence-electron chi connectivity index (χ3n) is 5.20. The van der Waals surface area contributed by atoms with Gasteiger partial charge in [0.15, 0.2) is 11.5 Å². The van der Waals surface area contributed by atoms with Crippen molar-refractivity contribution in [3.05, 3.63) is 53.6 Å². The van der Waals surface area contributed by atoms with Crippen LogP contribution < -0.4 is 19.9 Å². The maximum absolute atomic E-state index is 12.6. The molecule has 0 fully saturated rings. The molecular formula is C30H45NO6. The molecule has 0 bridgehead atoms. The molecule has 0 spiro atoms. The molecule has 0 aliphatic carbocycles. The Labute approximate surface area is 222 Å². The van der Waals surface area contributed by atoms with Gasteiger partial charge in [0.1, 0.15) is 17.4 Å². The largest absolute Gasteiger partial charge is 0.494 e. The number of nitrogens with two attached hydrogens (primary N) is 1. The second kappa shape index (κ2) is 16.6. The lowest BCUT2D eigenvalue weighted by atomic mass is 10.1. The Morgan fingerprint density at radius 2 is 1.57 bits per heavy atom. The highest BCUT2D eigenvalue weighted by Gasteiger charge is 2.23. The van der Waals surface area contributed by atoms with E-state index in [0.717, 1.165) is 24.2 Å². The van der Waals surface area contributed by atoms with Crippen molar-refractivity contribution in [2.75, 3.05) is 13.7 Å². The highest BCUT2D eigenvalue weighted by atomic mass is 16.6. The van der Waals surface area contributed by atoms with Gasteiger partial charge in [-0.2, -0.15) is 0 Å². The molecule has 2 aromatic carbocycles. The fraction of sp³-hybridized carbons (Fsp3) is 0.533. The first-order chi connectivity index (χ1) is 17.6. The molecule has 0 amide bonds. The van der Waals surface area contributed by atoms with Crippen LogP contribution in [0.2, 0.25) is 0 Å². The molecule has 206 valence electrons. The summed E-state index contributed by atoms with van der Waals surface area (Å²) in [5, 5.41) is 0. The molecule has 7 heteroatoms. The van der Waals surface area contributed by atoms with E-state index in [1.165, 1.54) is 26.4 Å². The maximum atomic E-state index is 12.6. The Morgan fingerprint density at radius 3 is 2.16 bits per heavy atom. The Kier molecular flexibility index (Phi) is 14.4. The van der Waals surface area contributed by atoms with Crippen LogP contribution in [0.1, 0.15) is 89.6 Å². The first-order valence-corrected chi connectivity index (χ1v) is 13.2. The van der Waals surface area contributed by atoms with Crippen LogP contribution in [0.5, 0.6) is 17.2 Å². The molecule has 1 unspecified atom stereocenters. The van der Waals surface area contributed by atoms with Crippen LogP contribution >= 0.6 is 0 Å². The van der Waals surface area contributed by atoms with Crippen molar-refractivity contribution in [1.82, 2.24) is 0 Å². The van der Waals surface area contributed by atoms with E-state index in [-0.39, 0.29) is 12.2 Å². The van der Waals surface area contributed by atoms with Crippen molar-refractivity contribution in [3.8, 4) is 17.2 Å². The molecule has 7 nitrogen and oxygen atoms in total. The van der Waals surface area contributed by atoms with E-state index in [1.54, 1.807) is 63.2 Å². The van der Waals surface area contributed by atoms with Gasteiger partial charge < -0.3 is 24.7 Å². The summed E-state index contributed by atoms with van der Waals surface area (Å²) in [6, 6.07) is 11.1. The molecule has 2 aromatic rings. The highest BCUT2D eigenvalue weighted by Crippen LogP contribution is 2.29. The lowest BCUT2D eigenvalue weighted by molar-refractivity contribution is -0.156. The monoisotopic (exact) mass is 515 g/mol. The van der Waals surface area contributed by atoms with Crippen molar-refractivity contribution in [2.24, 2.45) is 5.73 Å². The minimum atomic E-state index is -0.815. The SMILES string of the molecule is CC.CCCCCCCOc1ccc(C(=O)Oc2ccc(CC(N)C(=O)OC(C)(C)C)cc2OC)cc1. The van der Waals surface area contributed by atoms with E-state index >= 15 is 0 Å². The standard InChI is InChI=1S/C28H39NO6.C2H6/c1-6-7-8-9-10-17-33-22-14-12-21(13-15-22)26(30)34-24-16-11-20(19-25(24)32-5)18-23(29)27(31)35-28(2,3)4;1-2/h11-16,19,23H,6-10,17-18,29H2,1-5H3;1-2H3. The zero-order valence-corrected chi connectivity index (χ0v) is 23.6. The van der Waals surface area contributed by atoms with Crippen LogP contribution in [0.4, 0.5) is 0 Å². The van der Waals surface area contributed by atoms with Crippen LogP contribution in [0.15, 0.2) is 42.5 Å². The van der Waals surface area contributed by atoms with E-state index in [1.807, 2.05) is 13.8 Å². The Bertz CT molecular complexity index is 950. The number of esters is 2. The molecule has 2 N–H and O–H groups in total. The molecule has 0 heterocycles. The fourth-order valence-electron chi connectivity index (χ4n) is 3.38. The summed E-state index contributed by atoms with van der Waals surface area (Å²) in [7, 11) is 1.48. The molecular weight excluding hydrogens is 470 g/mol. The Morgan fingerprint density at radius 1 is 0.919 bits per heavy atom. The zero-order valence-electron chi connectivity index (χ0n) is 23.6. The number of ether oxygens (including phenoxy) is 4. The topological polar surface area (TPSA) is 97.1 Å². The van der Waals surface area contributed by atoms with Crippen molar-refractivity contribution in [1.29, 1.82) is 0 Å². The van der Waals surface area contributed by atoms with Crippen LogP contribution in [0.25, 0.3) is 0 Å². The molecule has 0 radical (unpaired) electrons. The molecule has 1 atom stereocenters. The van der Waals surface area contributed by atoms with Crippen molar-refractivity contribution in [2.45, 2.75) is 91.7 Å². The maximum Gasteiger partial charge on any atom is 0.343 e. The highest BCUT2D eigenvalue weighted by molar-refractivity contribution is 5.91. The number of carbonyl (C=O) groups is 2. The van der Waals surface area contributed by atoms with E-state index in [4.69, 9.17) is 24.7 Å². The number of rotatable bonds is 13. The predicted octanol–water partition coefficient (Wildman–Crippen LogP) is 6.50. The van der Waals surface area contributed by atoms with Crippen LogP contribution in [0, 0.1) is 0 Å². The predicted molar refractivity (Wildman–Crippen MR) is 148 cm³/mol. The van der Waals surface area contributed by atoms with E-state index < -0.39 is 23.6 Å². The lowest BCUT2D eigenvalue weighted by Crippen LogP contribution is -2.38. The molecule has 2 rings (SSSR count). The fourth-order valence-corrected chi connectivity index (χ4v) is 3.38. The van der Waals surface area contributed by atoms with Crippen LogP contribution in [-0.4, -0.2) is 37.3 Å². The van der Waals surface area contributed by atoms with E-state index in [0.29, 0.717) is 17.9 Å². The van der Waals surface area contributed by atoms with Gasteiger partial charge in [-0.1, -0.05) is 52.5 Å². The van der Waals surface area contributed by atoms with Crippen LogP contribution in [-0.2, 0) is 16.0 Å². The minimum absolute atomic E-state index is 0.263. The average molecular weight is 516 g/mol. The van der Waals surface area contributed by atoms with Crippen molar-refractivity contribution >= 4 is 11.9 Å². The van der Waals surface area contributed by atoms with Crippen molar-refractivity contribution in [3.63, 3.8) is 0 Å². The Balaban J connectivity index is 0.00000334. The summed E-state index contributed by atoms with van der Waals surface area (Å²) in [5.74, 6) is 0.388. The van der Waals surface area contributed by atoms with Gasteiger partial charge >= 0.3 is 11.9 Å². The van der Waals surface area contributed by atoms with Crippen molar-refractivity contribution < 1.29 is 28.5 Å². The number of carbonyl (C=O) groups excluding carboxylic acids is 2. The Hall–Kier alpha value is -3.06. The minimum Gasteiger partial charge on any atom is -0.494 e. The second-order valence-corrected chi connectivity index (χ2v) is 9.51. The molecule has 0 aliphatic heterocycles. The molecule has 37 heavy (non-hydrogen) atoms. The third-order valence-corrected chi connectivity index (χ3v) is 5.20. The summed E-state index contributed by atoms with van der Waals surface area (Å²) in [6.45, 7) is 12.2. The molecule has 0 saturated heterocycles. The number of benzene rings is 2. The summed E-state index contributed by atoms with van der Waals surface area (Å²) in [5.41, 5.74) is 6.56. The first kappa shape index (κ1) is 32.0. The van der Waals surface area contributed by atoms with E-state index in [9.17, 15) is 9.59 Å². The molecule has 0 aromatic heterocycles. The smallest absolute Gasteiger partial charge is 0.343 e. The van der Waals surface area contributed by atoms with Crippen LogP contribution in [0.3, 0.4) is 0 Å². The summed E-state index contributed by atoms with van der Waals surface area (Å²) in [6.07, 6.45) is 6.14. The van der Waals surface area contributed by atoms with Gasteiger partial charge in [0, 0.05) is 0 Å². The normalized spacial score (nSPS) is 11.6. The molecule has 0 saturated carbocycles. The summed E-state index contributed by atoms with van der Waals surface area (Å²) in [4.78, 5) is 24.8. The zero-order chi connectivity index (χ0) is 27.8. The quantitative estimate of drug-likeness (QED) is 0.185. The van der Waals surface area contributed by atoms with Gasteiger partial charge in [0.2, 0.25) is 0 Å². The molecule has 0 aliphatic rings. The second-order valence-electron chi connectivity index (χ2n) is 9.51. The number of hydrogen-bond acceptors (Lipinski definition) is 7.